The van der Waals surface area contributed by atoms with Crippen LogP contribution >= 0.6 is 11.6 Å². The van der Waals surface area contributed by atoms with Crippen LogP contribution in [0.2, 0.25) is 5.02 Å². The van der Waals surface area contributed by atoms with Crippen molar-refractivity contribution in [1.29, 1.82) is 0 Å². The molecule has 1 rings (SSSR count). The number of ketones is 1. The molecule has 0 atom stereocenters. The second-order valence-corrected chi connectivity index (χ2v) is 4.78. The van der Waals surface area contributed by atoms with Gasteiger partial charge in [0.2, 0.25) is 5.78 Å². The molecular formula is C14H13ClF3NO3. The molecule has 0 radical (unpaired) electrons. The van der Waals surface area contributed by atoms with E-state index >= 15 is 0 Å². The summed E-state index contributed by atoms with van der Waals surface area (Å²) in [4.78, 5) is 25.4. The number of rotatable bonds is 5. The minimum absolute atomic E-state index is 0.0160. The largest absolute Gasteiger partial charge is 0.462 e. The number of carbonyl (C=O) groups is 2. The zero-order chi connectivity index (χ0) is 17.0. The van der Waals surface area contributed by atoms with Gasteiger partial charge in [-0.2, -0.15) is 0 Å². The van der Waals surface area contributed by atoms with Crippen LogP contribution in [0.1, 0.15) is 17.3 Å². The highest BCUT2D eigenvalue weighted by molar-refractivity contribution is 6.32. The molecular weight excluding hydrogens is 323 g/mol. The number of hydrogen-bond acceptors (Lipinski definition) is 4. The van der Waals surface area contributed by atoms with E-state index in [4.69, 9.17) is 16.3 Å². The van der Waals surface area contributed by atoms with Gasteiger partial charge in [-0.15, -0.1) is 0 Å². The molecule has 0 spiro atoms. The molecule has 1 aromatic carbocycles. The monoisotopic (exact) mass is 335 g/mol. The van der Waals surface area contributed by atoms with Crippen molar-refractivity contribution in [2.24, 2.45) is 0 Å². The summed E-state index contributed by atoms with van der Waals surface area (Å²) in [5, 5.41) is -1.16. The molecule has 0 unspecified atom stereocenters. The minimum Gasteiger partial charge on any atom is -0.462 e. The van der Waals surface area contributed by atoms with Crippen LogP contribution in [0.5, 0.6) is 0 Å². The van der Waals surface area contributed by atoms with Gasteiger partial charge >= 0.3 is 5.97 Å². The highest BCUT2D eigenvalue weighted by Gasteiger charge is 2.28. The van der Waals surface area contributed by atoms with E-state index in [1.807, 2.05) is 0 Å². The van der Waals surface area contributed by atoms with Crippen molar-refractivity contribution in [1.82, 2.24) is 4.90 Å². The lowest BCUT2D eigenvalue weighted by Crippen LogP contribution is -2.20. The zero-order valence-corrected chi connectivity index (χ0v) is 12.8. The van der Waals surface area contributed by atoms with Gasteiger partial charge < -0.3 is 9.64 Å². The maximum Gasteiger partial charge on any atom is 0.343 e. The SMILES string of the molecule is CCOC(=O)/C(=C/N(C)C)C(=O)c1cc(F)c(F)c(Cl)c1F. The van der Waals surface area contributed by atoms with Crippen LogP contribution in [0.15, 0.2) is 17.8 Å². The van der Waals surface area contributed by atoms with Crippen molar-refractivity contribution in [3.8, 4) is 0 Å². The molecule has 0 N–H and O–H groups in total. The van der Waals surface area contributed by atoms with Crippen LogP contribution in [-0.4, -0.2) is 37.4 Å². The van der Waals surface area contributed by atoms with Crippen molar-refractivity contribution >= 4 is 23.4 Å². The average molecular weight is 336 g/mol. The van der Waals surface area contributed by atoms with Crippen LogP contribution in [0.3, 0.4) is 0 Å². The van der Waals surface area contributed by atoms with E-state index in [-0.39, 0.29) is 6.61 Å². The fourth-order valence-electron chi connectivity index (χ4n) is 1.55. The maximum atomic E-state index is 13.9. The second kappa shape index (κ2) is 7.31. The van der Waals surface area contributed by atoms with Gasteiger partial charge in [0.25, 0.3) is 0 Å². The molecule has 0 aliphatic heterocycles. The van der Waals surface area contributed by atoms with Crippen LogP contribution < -0.4 is 0 Å². The summed E-state index contributed by atoms with van der Waals surface area (Å²) in [7, 11) is 3.03. The molecule has 0 aliphatic carbocycles. The van der Waals surface area contributed by atoms with Crippen LogP contribution in [0.4, 0.5) is 13.2 Å². The Morgan fingerprint density at radius 2 is 1.86 bits per heavy atom. The van der Waals surface area contributed by atoms with E-state index in [2.05, 4.69) is 0 Å². The number of ether oxygens (including phenoxy) is 1. The Hall–Kier alpha value is -2.02. The van der Waals surface area contributed by atoms with Gasteiger partial charge in [-0.25, -0.2) is 18.0 Å². The number of carbonyl (C=O) groups excluding carboxylic acids is 2. The Morgan fingerprint density at radius 3 is 2.36 bits per heavy atom. The summed E-state index contributed by atoms with van der Waals surface area (Å²) in [6, 6.07) is 0.349. The Bertz CT molecular complexity index is 645. The highest BCUT2D eigenvalue weighted by atomic mass is 35.5. The highest BCUT2D eigenvalue weighted by Crippen LogP contribution is 2.26. The maximum absolute atomic E-state index is 13.9. The molecule has 120 valence electrons. The molecule has 4 nitrogen and oxygen atoms in total. The normalized spacial score (nSPS) is 11.3. The number of benzene rings is 1. The fourth-order valence-corrected chi connectivity index (χ4v) is 1.75. The number of nitrogens with zero attached hydrogens (tertiary/aromatic N) is 1. The molecule has 1 aromatic rings. The third-order valence-electron chi connectivity index (χ3n) is 2.47. The molecule has 0 fully saturated rings. The van der Waals surface area contributed by atoms with E-state index in [9.17, 15) is 22.8 Å². The number of esters is 1. The van der Waals surface area contributed by atoms with Crippen molar-refractivity contribution in [2.45, 2.75) is 6.92 Å². The number of Topliss-reactive ketones (excluding diaryl/α,β-unsaturated/α-hetero) is 1. The van der Waals surface area contributed by atoms with E-state index in [0.717, 1.165) is 6.20 Å². The molecule has 22 heavy (non-hydrogen) atoms. The van der Waals surface area contributed by atoms with E-state index < -0.39 is 45.4 Å². The fraction of sp³-hybridized carbons (Fsp3) is 0.286. The Morgan fingerprint density at radius 1 is 1.27 bits per heavy atom. The first-order chi connectivity index (χ1) is 10.2. The summed E-state index contributed by atoms with van der Waals surface area (Å²) in [6.45, 7) is 1.50. The first kappa shape index (κ1) is 18.0. The Kier molecular flexibility index (Phi) is 5.99. The van der Waals surface area contributed by atoms with Gasteiger partial charge in [0, 0.05) is 20.3 Å². The molecule has 0 saturated heterocycles. The van der Waals surface area contributed by atoms with E-state index in [0.29, 0.717) is 6.07 Å². The Labute approximate surface area is 130 Å². The lowest BCUT2D eigenvalue weighted by Gasteiger charge is -2.12. The molecule has 0 aliphatic rings. The van der Waals surface area contributed by atoms with Crippen molar-refractivity contribution in [3.63, 3.8) is 0 Å². The predicted molar refractivity (Wildman–Crippen MR) is 74.1 cm³/mol. The van der Waals surface area contributed by atoms with Gasteiger partial charge in [-0.3, -0.25) is 4.79 Å². The third-order valence-corrected chi connectivity index (χ3v) is 2.81. The predicted octanol–water partition coefficient (Wildman–Crippen LogP) is 2.95. The van der Waals surface area contributed by atoms with Crippen LogP contribution in [0, 0.1) is 17.5 Å². The van der Waals surface area contributed by atoms with Gasteiger partial charge in [0.15, 0.2) is 17.5 Å². The van der Waals surface area contributed by atoms with E-state index in [1.165, 1.54) is 25.9 Å². The summed E-state index contributed by atoms with van der Waals surface area (Å²) in [5.41, 5.74) is -1.39. The van der Waals surface area contributed by atoms with Crippen LogP contribution in [0.25, 0.3) is 0 Å². The van der Waals surface area contributed by atoms with E-state index in [1.54, 1.807) is 0 Å². The zero-order valence-electron chi connectivity index (χ0n) is 12.0. The molecule has 0 heterocycles. The second-order valence-electron chi connectivity index (χ2n) is 4.40. The average Bonchev–Trinajstić information content (AvgIpc) is 2.45. The summed E-state index contributed by atoms with van der Waals surface area (Å²) in [5.74, 6) is -6.72. The molecule has 8 heteroatoms. The van der Waals surface area contributed by atoms with Crippen molar-refractivity contribution < 1.29 is 27.5 Å². The number of hydrogen-bond donors (Lipinski definition) is 0. The lowest BCUT2D eigenvalue weighted by atomic mass is 10.0. The summed E-state index contributed by atoms with van der Waals surface area (Å²) in [6.07, 6.45) is 1.09. The smallest absolute Gasteiger partial charge is 0.343 e. The first-order valence-corrected chi connectivity index (χ1v) is 6.51. The molecule has 0 bridgehead atoms. The van der Waals surface area contributed by atoms with Crippen LogP contribution in [-0.2, 0) is 9.53 Å². The molecule has 0 aromatic heterocycles. The van der Waals surface area contributed by atoms with Crippen molar-refractivity contribution in [2.75, 3.05) is 20.7 Å². The van der Waals surface area contributed by atoms with Gasteiger partial charge in [0.05, 0.1) is 12.2 Å². The molecule has 0 amide bonds. The Balaban J connectivity index is 3.41. The van der Waals surface area contributed by atoms with Crippen molar-refractivity contribution in [3.05, 3.63) is 45.9 Å². The standard InChI is InChI=1S/C14H13ClF3NO3/c1-4-22-14(21)8(6-19(2)3)13(20)7-5-9(16)12(18)10(15)11(7)17/h5-6H,4H2,1-3H3/b8-6+. The number of halogens is 4. The minimum atomic E-state index is -1.61. The third kappa shape index (κ3) is 3.79. The lowest BCUT2D eigenvalue weighted by molar-refractivity contribution is -0.138. The summed E-state index contributed by atoms with van der Waals surface area (Å²) < 4.78 is 45.1. The summed E-state index contributed by atoms with van der Waals surface area (Å²) >= 11 is 5.30. The quantitative estimate of drug-likeness (QED) is 0.158. The molecule has 0 saturated carbocycles. The topological polar surface area (TPSA) is 46.6 Å². The van der Waals surface area contributed by atoms with Gasteiger partial charge in [0.1, 0.15) is 10.6 Å². The first-order valence-electron chi connectivity index (χ1n) is 6.13. The van der Waals surface area contributed by atoms with Gasteiger partial charge in [-0.05, 0) is 13.0 Å². The van der Waals surface area contributed by atoms with Gasteiger partial charge in [-0.1, -0.05) is 11.6 Å².